The standard InChI is InChI=1S/C30H27NO4/c1-3-35-28(33)23-18-20(2)30(26(23)27(32)22-14-8-5-9-15-22)24-16-10-11-17-25(24)31(29(30)34)19-21-12-6-4-7-13-21/h4-18,20,26H,3,19H2,1-2H3/t20-,26-,30-/m0/s1. The smallest absolute Gasteiger partial charge is 0.334 e. The van der Waals surface area contributed by atoms with E-state index in [1.807, 2.05) is 67.6 Å². The molecule has 0 saturated heterocycles. The molecule has 3 aromatic carbocycles. The number of benzene rings is 3. The summed E-state index contributed by atoms with van der Waals surface area (Å²) in [5, 5.41) is 0. The van der Waals surface area contributed by atoms with Gasteiger partial charge in [-0.25, -0.2) is 4.79 Å². The van der Waals surface area contributed by atoms with Crippen molar-refractivity contribution in [2.24, 2.45) is 11.8 Å². The zero-order valence-corrected chi connectivity index (χ0v) is 19.8. The van der Waals surface area contributed by atoms with Crippen LogP contribution in [0.5, 0.6) is 0 Å². The Balaban J connectivity index is 1.69. The molecule has 3 atom stereocenters. The highest BCUT2D eigenvalue weighted by atomic mass is 16.5. The highest BCUT2D eigenvalue weighted by Gasteiger charge is 2.64. The molecule has 0 unspecified atom stereocenters. The molecule has 0 N–H and O–H groups in total. The molecule has 1 heterocycles. The number of anilines is 1. The Morgan fingerprint density at radius 3 is 2.23 bits per heavy atom. The lowest BCUT2D eigenvalue weighted by Gasteiger charge is -2.35. The number of carbonyl (C=O) groups is 3. The molecule has 0 radical (unpaired) electrons. The predicted octanol–water partition coefficient (Wildman–Crippen LogP) is 5.11. The van der Waals surface area contributed by atoms with Crippen molar-refractivity contribution in [3.63, 3.8) is 0 Å². The first-order valence-corrected chi connectivity index (χ1v) is 11.9. The van der Waals surface area contributed by atoms with E-state index in [2.05, 4.69) is 0 Å². The summed E-state index contributed by atoms with van der Waals surface area (Å²) in [6, 6.07) is 26.3. The summed E-state index contributed by atoms with van der Waals surface area (Å²) < 4.78 is 5.35. The van der Waals surface area contributed by atoms with Crippen LogP contribution in [-0.4, -0.2) is 24.3 Å². The van der Waals surface area contributed by atoms with Crippen LogP contribution >= 0.6 is 0 Å². The van der Waals surface area contributed by atoms with Gasteiger partial charge in [-0.05, 0) is 30.0 Å². The van der Waals surface area contributed by atoms with Gasteiger partial charge >= 0.3 is 5.97 Å². The van der Waals surface area contributed by atoms with E-state index in [-0.39, 0.29) is 29.8 Å². The highest BCUT2D eigenvalue weighted by Crippen LogP contribution is 2.58. The van der Waals surface area contributed by atoms with Crippen LogP contribution < -0.4 is 4.90 Å². The monoisotopic (exact) mass is 465 g/mol. The zero-order chi connectivity index (χ0) is 24.6. The minimum absolute atomic E-state index is 0.167. The summed E-state index contributed by atoms with van der Waals surface area (Å²) in [5.41, 5.74) is 2.05. The van der Waals surface area contributed by atoms with Crippen molar-refractivity contribution in [3.8, 4) is 0 Å². The highest BCUT2D eigenvalue weighted by molar-refractivity contribution is 6.17. The van der Waals surface area contributed by atoms with Crippen LogP contribution in [0.4, 0.5) is 5.69 Å². The number of hydrogen-bond donors (Lipinski definition) is 0. The molecule has 1 amide bonds. The van der Waals surface area contributed by atoms with Gasteiger partial charge in [-0.2, -0.15) is 0 Å². The first-order valence-electron chi connectivity index (χ1n) is 11.9. The zero-order valence-electron chi connectivity index (χ0n) is 19.8. The van der Waals surface area contributed by atoms with E-state index in [9.17, 15) is 14.4 Å². The molecule has 0 bridgehead atoms. The van der Waals surface area contributed by atoms with E-state index in [1.165, 1.54) is 0 Å². The largest absolute Gasteiger partial charge is 0.463 e. The number of fused-ring (bicyclic) bond motifs is 2. The molecule has 3 aromatic rings. The molecule has 0 aromatic heterocycles. The summed E-state index contributed by atoms with van der Waals surface area (Å²) in [6.45, 7) is 4.22. The summed E-state index contributed by atoms with van der Waals surface area (Å²) in [5.74, 6) is -2.32. The Morgan fingerprint density at radius 1 is 0.914 bits per heavy atom. The van der Waals surface area contributed by atoms with Gasteiger partial charge in [0.1, 0.15) is 0 Å². The molecule has 35 heavy (non-hydrogen) atoms. The fourth-order valence-electron chi connectivity index (χ4n) is 5.67. The molecule has 1 aliphatic carbocycles. The number of esters is 1. The minimum atomic E-state index is -1.22. The van der Waals surface area contributed by atoms with E-state index < -0.39 is 17.3 Å². The summed E-state index contributed by atoms with van der Waals surface area (Å²) in [7, 11) is 0. The minimum Gasteiger partial charge on any atom is -0.463 e. The predicted molar refractivity (Wildman–Crippen MR) is 134 cm³/mol. The van der Waals surface area contributed by atoms with Gasteiger partial charge in [0.05, 0.1) is 24.5 Å². The lowest BCUT2D eigenvalue weighted by Crippen LogP contribution is -2.50. The van der Waals surface area contributed by atoms with Crippen molar-refractivity contribution >= 4 is 23.3 Å². The topological polar surface area (TPSA) is 63.7 Å². The average Bonchev–Trinajstić information content (AvgIpc) is 3.33. The van der Waals surface area contributed by atoms with Crippen molar-refractivity contribution in [1.82, 2.24) is 0 Å². The second-order valence-corrected chi connectivity index (χ2v) is 9.06. The third-order valence-corrected chi connectivity index (χ3v) is 7.17. The van der Waals surface area contributed by atoms with E-state index in [1.54, 1.807) is 42.2 Å². The van der Waals surface area contributed by atoms with Gasteiger partial charge in [-0.3, -0.25) is 9.59 Å². The number of para-hydroxylation sites is 1. The Morgan fingerprint density at radius 2 is 1.54 bits per heavy atom. The fourth-order valence-corrected chi connectivity index (χ4v) is 5.67. The van der Waals surface area contributed by atoms with Crippen LogP contribution in [0.1, 0.15) is 35.3 Å². The molecule has 1 spiro atoms. The number of carbonyl (C=O) groups excluding carboxylic acids is 3. The van der Waals surface area contributed by atoms with Gasteiger partial charge in [-0.15, -0.1) is 0 Å². The lowest BCUT2D eigenvalue weighted by molar-refractivity contribution is -0.139. The molecule has 5 heteroatoms. The van der Waals surface area contributed by atoms with E-state index in [0.29, 0.717) is 12.1 Å². The first kappa shape index (κ1) is 22.8. The van der Waals surface area contributed by atoms with Crippen LogP contribution in [0.15, 0.2) is 96.6 Å². The third kappa shape index (κ3) is 3.50. The number of nitrogens with zero attached hydrogens (tertiary/aromatic N) is 1. The Labute approximate surface area is 205 Å². The quantitative estimate of drug-likeness (QED) is 0.375. The molecule has 2 aliphatic rings. The molecule has 0 fully saturated rings. The molecule has 176 valence electrons. The lowest BCUT2D eigenvalue weighted by atomic mass is 9.64. The fraction of sp³-hybridized carbons (Fsp3) is 0.233. The number of amides is 1. The van der Waals surface area contributed by atoms with Crippen molar-refractivity contribution < 1.29 is 19.1 Å². The van der Waals surface area contributed by atoms with Gasteiger partial charge < -0.3 is 9.64 Å². The molecule has 0 saturated carbocycles. The second kappa shape index (κ2) is 8.99. The van der Waals surface area contributed by atoms with E-state index in [0.717, 1.165) is 16.8 Å². The van der Waals surface area contributed by atoms with Gasteiger partial charge in [0.25, 0.3) is 0 Å². The maximum atomic E-state index is 14.5. The number of allylic oxidation sites excluding steroid dienone is 1. The SMILES string of the molecule is CCOC(=O)C1=C[C@H](C)[C@@]2(C(=O)N(Cc3ccccc3)c3ccccc32)[C@@H]1C(=O)c1ccccc1. The first-order chi connectivity index (χ1) is 17.0. The maximum absolute atomic E-state index is 14.5. The van der Waals surface area contributed by atoms with Crippen LogP contribution in [-0.2, 0) is 26.3 Å². The number of ether oxygens (including phenoxy) is 1. The number of Topliss-reactive ketones (excluding diaryl/α,β-unsaturated/α-hetero) is 1. The molecule has 5 nitrogen and oxygen atoms in total. The van der Waals surface area contributed by atoms with Crippen LogP contribution in [0, 0.1) is 11.8 Å². The van der Waals surface area contributed by atoms with Gasteiger partial charge in [0.15, 0.2) is 5.78 Å². The molecule has 5 rings (SSSR count). The van der Waals surface area contributed by atoms with Crippen molar-refractivity contribution in [2.45, 2.75) is 25.8 Å². The molecular weight excluding hydrogens is 438 g/mol. The molecule has 1 aliphatic heterocycles. The normalized spacial score (nSPS) is 22.7. The van der Waals surface area contributed by atoms with Crippen molar-refractivity contribution in [1.29, 1.82) is 0 Å². The van der Waals surface area contributed by atoms with Crippen molar-refractivity contribution in [2.75, 3.05) is 11.5 Å². The Bertz CT molecular complexity index is 1310. The van der Waals surface area contributed by atoms with Crippen LogP contribution in [0.2, 0.25) is 0 Å². The van der Waals surface area contributed by atoms with Gasteiger partial charge in [0.2, 0.25) is 5.91 Å². The van der Waals surface area contributed by atoms with Gasteiger partial charge in [0, 0.05) is 16.8 Å². The Kier molecular flexibility index (Phi) is 5.85. The Hall–Kier alpha value is -3.99. The van der Waals surface area contributed by atoms with Crippen LogP contribution in [0.3, 0.4) is 0 Å². The van der Waals surface area contributed by atoms with E-state index in [4.69, 9.17) is 4.74 Å². The van der Waals surface area contributed by atoms with E-state index >= 15 is 0 Å². The summed E-state index contributed by atoms with van der Waals surface area (Å²) in [6.07, 6.45) is 1.77. The van der Waals surface area contributed by atoms with Crippen LogP contribution in [0.25, 0.3) is 0 Å². The number of ketones is 1. The summed E-state index contributed by atoms with van der Waals surface area (Å²) in [4.78, 5) is 43.4. The maximum Gasteiger partial charge on any atom is 0.334 e. The second-order valence-electron chi connectivity index (χ2n) is 9.06. The van der Waals surface area contributed by atoms with Crippen molar-refractivity contribution in [3.05, 3.63) is 113 Å². The number of rotatable bonds is 6. The summed E-state index contributed by atoms with van der Waals surface area (Å²) >= 11 is 0. The average molecular weight is 466 g/mol. The molecular formula is C30H27NO4. The number of hydrogen-bond acceptors (Lipinski definition) is 4. The van der Waals surface area contributed by atoms with Gasteiger partial charge in [-0.1, -0.05) is 91.9 Å². The third-order valence-electron chi connectivity index (χ3n) is 7.17.